The molecule has 7 heteroatoms. The number of carbonyl (C=O) groups is 2. The smallest absolute Gasteiger partial charge is 0.328 e. The number of esters is 1. The number of nitrogens with one attached hydrogen (secondary N) is 1. The molecule has 6 nitrogen and oxygen atoms in total. The first kappa shape index (κ1) is 33.2. The summed E-state index contributed by atoms with van der Waals surface area (Å²) < 4.78 is 17.5. The number of hydrogen-bond acceptors (Lipinski definition) is 6. The Hall–Kier alpha value is -2.35. The molecule has 2 atom stereocenters. The highest BCUT2D eigenvalue weighted by atomic mass is 32.2. The van der Waals surface area contributed by atoms with E-state index in [9.17, 15) is 9.59 Å². The van der Waals surface area contributed by atoms with E-state index in [1.807, 2.05) is 49.6 Å². The quantitative estimate of drug-likeness (QED) is 0.155. The fraction of sp³-hybridized carbons (Fsp3) is 0.588. The fourth-order valence-corrected chi connectivity index (χ4v) is 5.97. The molecule has 0 heterocycles. The van der Waals surface area contributed by atoms with Crippen LogP contribution in [0.1, 0.15) is 86.2 Å². The molecule has 41 heavy (non-hydrogen) atoms. The number of thioether (sulfide) groups is 1. The van der Waals surface area contributed by atoms with Gasteiger partial charge in [0.1, 0.15) is 6.04 Å². The lowest BCUT2D eigenvalue weighted by Crippen LogP contribution is -2.42. The Bertz CT molecular complexity index is 1080. The fourth-order valence-electron chi connectivity index (χ4n) is 5.49. The molecule has 0 saturated heterocycles. The van der Waals surface area contributed by atoms with Gasteiger partial charge < -0.3 is 19.5 Å². The Labute approximate surface area is 251 Å². The van der Waals surface area contributed by atoms with Crippen molar-refractivity contribution in [2.45, 2.75) is 90.4 Å². The van der Waals surface area contributed by atoms with E-state index in [1.54, 1.807) is 11.8 Å². The molecule has 0 spiro atoms. The number of benzene rings is 2. The van der Waals surface area contributed by atoms with Gasteiger partial charge in [-0.25, -0.2) is 4.79 Å². The molecule has 2 unspecified atom stereocenters. The second-order valence-corrected chi connectivity index (χ2v) is 12.1. The van der Waals surface area contributed by atoms with Crippen LogP contribution < -0.4 is 5.32 Å². The Balaban J connectivity index is 1.81. The van der Waals surface area contributed by atoms with Crippen molar-refractivity contribution in [3.8, 4) is 11.1 Å². The minimum atomic E-state index is -0.694. The van der Waals surface area contributed by atoms with Crippen LogP contribution in [-0.4, -0.2) is 56.4 Å². The van der Waals surface area contributed by atoms with Crippen LogP contribution in [0.25, 0.3) is 11.1 Å². The number of ether oxygens (including phenoxy) is 3. The molecule has 2 aromatic carbocycles. The van der Waals surface area contributed by atoms with Crippen LogP contribution in [0, 0.1) is 12.8 Å². The second-order valence-electron chi connectivity index (χ2n) is 11.1. The Kier molecular flexibility index (Phi) is 14.8. The zero-order chi connectivity index (χ0) is 29.5. The van der Waals surface area contributed by atoms with E-state index in [1.165, 1.54) is 39.2 Å². The largest absolute Gasteiger partial charge is 0.467 e. The molecular formula is C34H49NO5S. The summed E-state index contributed by atoms with van der Waals surface area (Å²) in [5, 5.41) is 2.92. The van der Waals surface area contributed by atoms with Crippen molar-refractivity contribution in [3.05, 3.63) is 59.2 Å². The maximum absolute atomic E-state index is 13.5. The topological polar surface area (TPSA) is 73.9 Å². The maximum Gasteiger partial charge on any atom is 0.328 e. The highest BCUT2D eigenvalue weighted by Crippen LogP contribution is 2.31. The summed E-state index contributed by atoms with van der Waals surface area (Å²) in [5.74, 6) is 0.725. The van der Waals surface area contributed by atoms with Crippen molar-refractivity contribution in [1.29, 1.82) is 0 Å². The molecule has 1 amide bonds. The van der Waals surface area contributed by atoms with E-state index in [-0.39, 0.29) is 12.0 Å². The van der Waals surface area contributed by atoms with Crippen LogP contribution in [0.5, 0.6) is 0 Å². The summed E-state index contributed by atoms with van der Waals surface area (Å²) in [7, 11) is 1.35. The van der Waals surface area contributed by atoms with Crippen molar-refractivity contribution in [2.75, 3.05) is 32.3 Å². The van der Waals surface area contributed by atoms with Gasteiger partial charge in [-0.15, -0.1) is 0 Å². The van der Waals surface area contributed by atoms with Gasteiger partial charge >= 0.3 is 5.97 Å². The zero-order valence-corrected chi connectivity index (χ0v) is 26.2. The van der Waals surface area contributed by atoms with E-state index in [0.29, 0.717) is 31.1 Å². The second kappa shape index (κ2) is 18.2. The van der Waals surface area contributed by atoms with Gasteiger partial charge in [0.2, 0.25) is 0 Å². The van der Waals surface area contributed by atoms with Gasteiger partial charge in [-0.3, -0.25) is 4.79 Å². The van der Waals surface area contributed by atoms with E-state index in [4.69, 9.17) is 14.2 Å². The normalized spacial score (nSPS) is 15.3. The van der Waals surface area contributed by atoms with Crippen LogP contribution in [0.2, 0.25) is 0 Å². The molecule has 1 aliphatic rings. The summed E-state index contributed by atoms with van der Waals surface area (Å²) in [5.41, 5.74) is 4.43. The number of carbonyl (C=O) groups excluding carboxylic acids is 2. The van der Waals surface area contributed by atoms with E-state index in [2.05, 4.69) is 18.3 Å². The van der Waals surface area contributed by atoms with Gasteiger partial charge in [-0.2, -0.15) is 11.8 Å². The predicted molar refractivity (Wildman–Crippen MR) is 168 cm³/mol. The van der Waals surface area contributed by atoms with Crippen molar-refractivity contribution in [1.82, 2.24) is 5.32 Å². The Morgan fingerprint density at radius 1 is 1.07 bits per heavy atom. The minimum Gasteiger partial charge on any atom is -0.467 e. The lowest BCUT2D eigenvalue weighted by atomic mass is 9.85. The summed E-state index contributed by atoms with van der Waals surface area (Å²) in [6.45, 7) is 6.06. The molecular weight excluding hydrogens is 534 g/mol. The SMILES string of the molecule is CCCCOCC(CC1CCCCC1)OCc1ccc(C(=O)NC(CCSC)C(=O)OC)c(-c2ccccc2C)c1. The van der Waals surface area contributed by atoms with Crippen molar-refractivity contribution >= 4 is 23.6 Å². The van der Waals surface area contributed by atoms with Gasteiger partial charge in [0, 0.05) is 12.2 Å². The van der Waals surface area contributed by atoms with E-state index >= 15 is 0 Å². The van der Waals surface area contributed by atoms with Crippen molar-refractivity contribution in [2.24, 2.45) is 5.92 Å². The molecule has 0 bridgehead atoms. The summed E-state index contributed by atoms with van der Waals surface area (Å²) in [4.78, 5) is 25.9. The third-order valence-corrected chi connectivity index (χ3v) is 8.56. The van der Waals surface area contributed by atoms with Crippen molar-refractivity contribution < 1.29 is 23.8 Å². The molecule has 1 fully saturated rings. The number of rotatable bonds is 17. The van der Waals surface area contributed by atoms with Gasteiger partial charge in [-0.1, -0.05) is 75.8 Å². The third kappa shape index (κ3) is 10.8. The van der Waals surface area contributed by atoms with Gasteiger partial charge in [0.15, 0.2) is 0 Å². The molecule has 1 aliphatic carbocycles. The lowest BCUT2D eigenvalue weighted by Gasteiger charge is -2.27. The van der Waals surface area contributed by atoms with Crippen molar-refractivity contribution in [3.63, 3.8) is 0 Å². The molecule has 3 rings (SSSR count). The maximum atomic E-state index is 13.5. The highest BCUT2D eigenvalue weighted by Gasteiger charge is 2.24. The zero-order valence-electron chi connectivity index (χ0n) is 25.4. The first-order valence-electron chi connectivity index (χ1n) is 15.2. The van der Waals surface area contributed by atoms with E-state index in [0.717, 1.165) is 53.9 Å². The number of amides is 1. The number of hydrogen-bond donors (Lipinski definition) is 1. The highest BCUT2D eigenvalue weighted by molar-refractivity contribution is 7.98. The van der Waals surface area contributed by atoms with Crippen LogP contribution in [0.4, 0.5) is 0 Å². The predicted octanol–water partition coefficient (Wildman–Crippen LogP) is 7.36. The molecule has 1 N–H and O–H groups in total. The Morgan fingerprint density at radius 2 is 1.85 bits per heavy atom. The number of unbranched alkanes of at least 4 members (excludes halogenated alkanes) is 1. The average molecular weight is 584 g/mol. The number of methoxy groups -OCH3 is 1. The molecule has 2 aromatic rings. The van der Waals surface area contributed by atoms with Gasteiger partial charge in [-0.05, 0) is 78.5 Å². The summed E-state index contributed by atoms with van der Waals surface area (Å²) in [6, 6.07) is 13.2. The molecule has 0 aliphatic heterocycles. The third-order valence-electron chi connectivity index (χ3n) is 7.92. The van der Waals surface area contributed by atoms with Crippen LogP contribution in [0.3, 0.4) is 0 Å². The van der Waals surface area contributed by atoms with Gasteiger partial charge in [0.05, 0.1) is 26.4 Å². The molecule has 0 aromatic heterocycles. The van der Waals surface area contributed by atoms with Crippen LogP contribution >= 0.6 is 11.8 Å². The average Bonchev–Trinajstić information content (AvgIpc) is 3.00. The summed E-state index contributed by atoms with van der Waals surface area (Å²) in [6.07, 6.45) is 12.3. The van der Waals surface area contributed by atoms with Crippen LogP contribution in [0.15, 0.2) is 42.5 Å². The standard InChI is InChI=1S/C34H49NO5S/c1-5-6-19-39-24-28(21-26-13-8-7-9-14-26)40-23-27-16-17-30(31(22-27)29-15-11-10-12-25(29)2)33(36)35-32(18-20-41-4)34(37)38-3/h10-12,15-17,22,26,28,32H,5-9,13-14,18-21,23-24H2,1-4H3,(H,35,36). The first-order chi connectivity index (χ1) is 20.0. The Morgan fingerprint density at radius 3 is 2.56 bits per heavy atom. The molecule has 226 valence electrons. The monoisotopic (exact) mass is 583 g/mol. The van der Waals surface area contributed by atoms with E-state index < -0.39 is 12.0 Å². The van der Waals surface area contributed by atoms with Crippen LogP contribution in [-0.2, 0) is 25.6 Å². The summed E-state index contributed by atoms with van der Waals surface area (Å²) >= 11 is 1.63. The van der Waals surface area contributed by atoms with Gasteiger partial charge in [0.25, 0.3) is 5.91 Å². The number of aryl methyl sites for hydroxylation is 1. The molecule has 1 saturated carbocycles. The minimum absolute atomic E-state index is 0.0529. The lowest BCUT2D eigenvalue weighted by molar-refractivity contribution is -0.142. The molecule has 0 radical (unpaired) electrons. The first-order valence-corrected chi connectivity index (χ1v) is 16.6.